The fourth-order valence-corrected chi connectivity index (χ4v) is 2.17. The lowest BCUT2D eigenvalue weighted by Crippen LogP contribution is -2.01. The van der Waals surface area contributed by atoms with E-state index in [9.17, 15) is 5.11 Å². The largest absolute Gasteiger partial charge is 0.457 e. The predicted octanol–water partition coefficient (Wildman–Crippen LogP) is 4.78. The van der Waals surface area contributed by atoms with Crippen LogP contribution in [0, 0.1) is 0 Å². The number of hydrogen-bond donors (Lipinski definition) is 1. The van der Waals surface area contributed by atoms with E-state index in [4.69, 9.17) is 4.42 Å². The van der Waals surface area contributed by atoms with Crippen molar-refractivity contribution >= 4 is 17.0 Å². The monoisotopic (exact) mass is 258 g/mol. The van der Waals surface area contributed by atoms with E-state index < -0.39 is 0 Å². The summed E-state index contributed by atoms with van der Waals surface area (Å²) < 4.78 is 5.66. The lowest BCUT2D eigenvalue weighted by atomic mass is 10.1. The first kappa shape index (κ1) is 13.9. The second-order valence-electron chi connectivity index (χ2n) is 4.96. The Labute approximate surface area is 114 Å². The van der Waals surface area contributed by atoms with Crippen LogP contribution in [0.15, 0.2) is 40.8 Å². The summed E-state index contributed by atoms with van der Waals surface area (Å²) in [4.78, 5) is 0. The van der Waals surface area contributed by atoms with Gasteiger partial charge in [-0.1, -0.05) is 56.9 Å². The maximum absolute atomic E-state index is 9.86. The van der Waals surface area contributed by atoms with Gasteiger partial charge < -0.3 is 9.52 Å². The molecular weight excluding hydrogens is 236 g/mol. The topological polar surface area (TPSA) is 33.4 Å². The summed E-state index contributed by atoms with van der Waals surface area (Å²) in [5.74, 6) is 0.800. The Hall–Kier alpha value is -1.54. The van der Waals surface area contributed by atoms with Crippen LogP contribution in [0.2, 0.25) is 0 Å². The first-order chi connectivity index (χ1) is 9.29. The minimum Gasteiger partial charge on any atom is -0.457 e. The van der Waals surface area contributed by atoms with E-state index in [1.807, 2.05) is 42.5 Å². The highest BCUT2D eigenvalue weighted by molar-refractivity contribution is 5.79. The van der Waals surface area contributed by atoms with Crippen molar-refractivity contribution in [2.75, 3.05) is 0 Å². The second kappa shape index (κ2) is 7.15. The Morgan fingerprint density at radius 3 is 2.84 bits per heavy atom. The molecule has 2 rings (SSSR count). The van der Waals surface area contributed by atoms with Gasteiger partial charge in [-0.25, -0.2) is 0 Å². The molecule has 0 bridgehead atoms. The Kier molecular flexibility index (Phi) is 5.22. The molecule has 102 valence electrons. The van der Waals surface area contributed by atoms with Gasteiger partial charge >= 0.3 is 0 Å². The van der Waals surface area contributed by atoms with E-state index in [-0.39, 0.29) is 6.10 Å². The lowest BCUT2D eigenvalue weighted by Gasteiger charge is -2.04. The van der Waals surface area contributed by atoms with Crippen LogP contribution in [-0.4, -0.2) is 11.2 Å². The van der Waals surface area contributed by atoms with Crippen molar-refractivity contribution in [2.24, 2.45) is 0 Å². The number of aliphatic hydroxyl groups is 1. The number of unbranched alkanes of at least 4 members (excludes halogenated alkanes) is 3. The summed E-state index contributed by atoms with van der Waals surface area (Å²) >= 11 is 0. The van der Waals surface area contributed by atoms with Gasteiger partial charge in [-0.2, -0.15) is 0 Å². The standard InChI is InChI=1S/C17H22O2/c1-2-3-4-5-9-15(18)11-12-16-13-14-8-6-7-10-17(14)19-16/h6-8,10-13,15,18H,2-5,9H2,1H3/b12-11+. The van der Waals surface area contributed by atoms with Gasteiger partial charge in [0.25, 0.3) is 0 Å². The summed E-state index contributed by atoms with van der Waals surface area (Å²) in [5.41, 5.74) is 0.889. The highest BCUT2D eigenvalue weighted by Gasteiger charge is 2.02. The molecule has 0 fully saturated rings. The zero-order chi connectivity index (χ0) is 13.5. The highest BCUT2D eigenvalue weighted by Crippen LogP contribution is 2.20. The van der Waals surface area contributed by atoms with Crippen molar-refractivity contribution in [1.29, 1.82) is 0 Å². The molecule has 2 aromatic rings. The zero-order valence-corrected chi connectivity index (χ0v) is 11.5. The number of aliphatic hydroxyl groups excluding tert-OH is 1. The SMILES string of the molecule is CCCCCCC(O)/C=C/c1cc2ccccc2o1. The fraction of sp³-hybridized carbons (Fsp3) is 0.412. The number of para-hydroxylation sites is 1. The van der Waals surface area contributed by atoms with Crippen LogP contribution in [0.5, 0.6) is 0 Å². The van der Waals surface area contributed by atoms with Crippen LogP contribution < -0.4 is 0 Å². The molecule has 2 heteroatoms. The van der Waals surface area contributed by atoms with Crippen LogP contribution in [0.3, 0.4) is 0 Å². The van der Waals surface area contributed by atoms with Crippen molar-refractivity contribution < 1.29 is 9.52 Å². The maximum Gasteiger partial charge on any atom is 0.134 e. The Balaban J connectivity index is 1.87. The van der Waals surface area contributed by atoms with Crippen molar-refractivity contribution in [3.05, 3.63) is 42.2 Å². The lowest BCUT2D eigenvalue weighted by molar-refractivity contribution is 0.209. The zero-order valence-electron chi connectivity index (χ0n) is 11.5. The second-order valence-corrected chi connectivity index (χ2v) is 4.96. The first-order valence-electron chi connectivity index (χ1n) is 7.14. The van der Waals surface area contributed by atoms with E-state index in [1.165, 1.54) is 19.3 Å². The third-order valence-electron chi connectivity index (χ3n) is 3.28. The summed E-state index contributed by atoms with van der Waals surface area (Å²) in [5, 5.41) is 11.0. The van der Waals surface area contributed by atoms with Crippen molar-refractivity contribution in [3.63, 3.8) is 0 Å². The molecule has 0 aliphatic carbocycles. The summed E-state index contributed by atoms with van der Waals surface area (Å²) in [7, 11) is 0. The molecule has 1 N–H and O–H groups in total. The molecule has 1 atom stereocenters. The molecule has 1 heterocycles. The normalized spacial score (nSPS) is 13.4. The third-order valence-corrected chi connectivity index (χ3v) is 3.28. The Bertz CT molecular complexity index is 492. The quantitative estimate of drug-likeness (QED) is 0.725. The van der Waals surface area contributed by atoms with Crippen LogP contribution in [0.1, 0.15) is 44.8 Å². The predicted molar refractivity (Wildman–Crippen MR) is 80.0 cm³/mol. The van der Waals surface area contributed by atoms with Crippen LogP contribution in [0.4, 0.5) is 0 Å². The van der Waals surface area contributed by atoms with Gasteiger partial charge in [0.15, 0.2) is 0 Å². The van der Waals surface area contributed by atoms with E-state index in [2.05, 4.69) is 6.92 Å². The average Bonchev–Trinajstić information content (AvgIpc) is 2.84. The number of benzene rings is 1. The molecule has 1 aromatic heterocycles. The molecule has 0 amide bonds. The minimum atomic E-state index is -0.370. The van der Waals surface area contributed by atoms with Gasteiger partial charge in [0, 0.05) is 5.39 Å². The van der Waals surface area contributed by atoms with Crippen molar-refractivity contribution in [2.45, 2.75) is 45.1 Å². The van der Waals surface area contributed by atoms with Gasteiger partial charge in [-0.15, -0.1) is 0 Å². The van der Waals surface area contributed by atoms with Crippen molar-refractivity contribution in [1.82, 2.24) is 0 Å². The molecule has 0 saturated heterocycles. The molecular formula is C17H22O2. The third kappa shape index (κ3) is 4.25. The first-order valence-corrected chi connectivity index (χ1v) is 7.14. The van der Waals surface area contributed by atoms with Gasteiger partial charge in [0.05, 0.1) is 6.10 Å². The molecule has 0 aliphatic heterocycles. The molecule has 0 aliphatic rings. The molecule has 19 heavy (non-hydrogen) atoms. The Morgan fingerprint density at radius 1 is 1.21 bits per heavy atom. The molecule has 1 aromatic carbocycles. The fourth-order valence-electron chi connectivity index (χ4n) is 2.17. The minimum absolute atomic E-state index is 0.370. The number of fused-ring (bicyclic) bond motifs is 1. The van der Waals surface area contributed by atoms with Gasteiger partial charge in [0.2, 0.25) is 0 Å². The van der Waals surface area contributed by atoms with Crippen LogP contribution >= 0.6 is 0 Å². The molecule has 0 radical (unpaired) electrons. The van der Waals surface area contributed by atoms with E-state index in [1.54, 1.807) is 0 Å². The van der Waals surface area contributed by atoms with Crippen LogP contribution in [0.25, 0.3) is 17.0 Å². The summed E-state index contributed by atoms with van der Waals surface area (Å²) in [6.45, 7) is 2.19. The van der Waals surface area contributed by atoms with Crippen molar-refractivity contribution in [3.8, 4) is 0 Å². The summed E-state index contributed by atoms with van der Waals surface area (Å²) in [6.07, 6.45) is 8.91. The van der Waals surface area contributed by atoms with Gasteiger partial charge in [0.1, 0.15) is 11.3 Å². The Morgan fingerprint density at radius 2 is 2.05 bits per heavy atom. The maximum atomic E-state index is 9.86. The van der Waals surface area contributed by atoms with Crippen LogP contribution in [-0.2, 0) is 0 Å². The van der Waals surface area contributed by atoms with E-state index >= 15 is 0 Å². The highest BCUT2D eigenvalue weighted by atomic mass is 16.3. The van der Waals surface area contributed by atoms with Gasteiger partial charge in [-0.05, 0) is 24.6 Å². The van der Waals surface area contributed by atoms with Gasteiger partial charge in [-0.3, -0.25) is 0 Å². The molecule has 2 nitrogen and oxygen atoms in total. The molecule has 0 saturated carbocycles. The number of hydrogen-bond acceptors (Lipinski definition) is 2. The van der Waals surface area contributed by atoms with E-state index in [0.717, 1.165) is 29.6 Å². The summed E-state index contributed by atoms with van der Waals surface area (Å²) in [6, 6.07) is 9.93. The average molecular weight is 258 g/mol. The molecule has 1 unspecified atom stereocenters. The molecule has 0 spiro atoms. The number of furan rings is 1. The smallest absolute Gasteiger partial charge is 0.134 e. The number of rotatable bonds is 7. The van der Waals surface area contributed by atoms with E-state index in [0.29, 0.717) is 0 Å².